The maximum Gasteiger partial charge on any atom is 0.255 e. The van der Waals surface area contributed by atoms with Crippen molar-refractivity contribution in [1.82, 2.24) is 14.8 Å². The number of carbonyl (C=O) groups is 1. The molecule has 50 heavy (non-hydrogen) atoms. The maximum atomic E-state index is 14.3. The summed E-state index contributed by atoms with van der Waals surface area (Å²) in [5, 5.41) is 12.5. The normalized spacial score (nSPS) is 13.8. The van der Waals surface area contributed by atoms with E-state index in [9.17, 15) is 4.79 Å². The number of hydrogen-bond donors (Lipinski definition) is 2. The minimum atomic E-state index is -0.678. The molecule has 9 nitrogen and oxygen atoms in total. The van der Waals surface area contributed by atoms with Crippen LogP contribution in [0.3, 0.4) is 0 Å². The van der Waals surface area contributed by atoms with Gasteiger partial charge in [0, 0.05) is 20.9 Å². The molecule has 0 saturated carbocycles. The van der Waals surface area contributed by atoms with Crippen LogP contribution in [0, 0.1) is 0 Å². The van der Waals surface area contributed by atoms with E-state index in [1.165, 1.54) is 11.8 Å². The average molecular weight is 840 g/mol. The molecule has 1 aliphatic rings. The van der Waals surface area contributed by atoms with Gasteiger partial charge in [-0.2, -0.15) is 4.98 Å². The molecule has 0 fully saturated rings. The van der Waals surface area contributed by atoms with Gasteiger partial charge < -0.3 is 24.8 Å². The standard InChI is InChI=1S/C37H34Br2ClN5O4S/c1-4-47-30-16-9-8-15-29(30)42-35(46)32-22(3)41-36-43-37(50-21-24-12-6-7-14-28(24)40)44-45(36)33(32)25-18-27(39)34(31(19-25)48-5-2)49-20-23-11-10-13-26(38)17-23/h6-19,33H,4-5,20-21H2,1-3H3,(H,42,46)(H,41,43,44). The molecule has 1 amide bonds. The Morgan fingerprint density at radius 3 is 2.50 bits per heavy atom. The van der Waals surface area contributed by atoms with Crippen LogP contribution in [0.1, 0.15) is 43.5 Å². The zero-order valence-corrected chi connectivity index (χ0v) is 32.2. The summed E-state index contributed by atoms with van der Waals surface area (Å²) in [5.74, 6) is 2.42. The molecule has 0 spiro atoms. The van der Waals surface area contributed by atoms with Crippen LogP contribution in [0.2, 0.25) is 5.02 Å². The summed E-state index contributed by atoms with van der Waals surface area (Å²) in [6, 6.07) is 26.2. The first-order valence-electron chi connectivity index (χ1n) is 15.9. The molecule has 2 heterocycles. The van der Waals surface area contributed by atoms with Crippen LogP contribution < -0.4 is 24.8 Å². The molecule has 0 bridgehead atoms. The molecule has 5 aromatic rings. The number of rotatable bonds is 13. The summed E-state index contributed by atoms with van der Waals surface area (Å²) >= 11 is 15.2. The minimum absolute atomic E-state index is 0.317. The lowest BCUT2D eigenvalue weighted by molar-refractivity contribution is -0.113. The topological polar surface area (TPSA) is 99.5 Å². The van der Waals surface area contributed by atoms with Crippen molar-refractivity contribution >= 4 is 72.8 Å². The van der Waals surface area contributed by atoms with Gasteiger partial charge >= 0.3 is 0 Å². The first-order valence-corrected chi connectivity index (χ1v) is 18.9. The number of allylic oxidation sites excluding steroid dienone is 1. The number of carbonyl (C=O) groups excluding carboxylic acids is 1. The number of halogens is 3. The van der Waals surface area contributed by atoms with Crippen molar-refractivity contribution in [2.75, 3.05) is 23.8 Å². The van der Waals surface area contributed by atoms with Crippen molar-refractivity contribution < 1.29 is 19.0 Å². The van der Waals surface area contributed by atoms with E-state index in [0.717, 1.165) is 21.2 Å². The monoisotopic (exact) mass is 837 g/mol. The molecule has 13 heteroatoms. The second-order valence-electron chi connectivity index (χ2n) is 11.2. The summed E-state index contributed by atoms with van der Waals surface area (Å²) in [7, 11) is 0. The SMILES string of the molecule is CCOc1ccccc1NC(=O)C1=C(C)Nc2nc(SCc3ccccc3Cl)nn2C1c1cc(Br)c(OCc2cccc(Br)c2)c(OCC)c1. The van der Waals surface area contributed by atoms with E-state index < -0.39 is 6.04 Å². The number of nitrogens with zero attached hydrogens (tertiary/aromatic N) is 3. The second-order valence-corrected chi connectivity index (χ2v) is 14.3. The lowest BCUT2D eigenvalue weighted by Crippen LogP contribution is -2.31. The number of aromatic nitrogens is 3. The lowest BCUT2D eigenvalue weighted by atomic mass is 9.94. The summed E-state index contributed by atoms with van der Waals surface area (Å²) in [4.78, 5) is 19.1. The summed E-state index contributed by atoms with van der Waals surface area (Å²) in [5.41, 5.74) is 4.36. The van der Waals surface area contributed by atoms with Gasteiger partial charge in [-0.15, -0.1) is 5.10 Å². The highest BCUT2D eigenvalue weighted by Crippen LogP contribution is 2.44. The molecule has 0 aliphatic carbocycles. The highest BCUT2D eigenvalue weighted by Gasteiger charge is 2.36. The van der Waals surface area contributed by atoms with E-state index in [-0.39, 0.29) is 5.91 Å². The molecule has 1 atom stereocenters. The molecular formula is C37H34Br2ClN5O4S. The van der Waals surface area contributed by atoms with Crippen LogP contribution in [0.15, 0.2) is 110 Å². The zero-order valence-electron chi connectivity index (χ0n) is 27.5. The lowest BCUT2D eigenvalue weighted by Gasteiger charge is -2.29. The van der Waals surface area contributed by atoms with Gasteiger partial charge in [-0.1, -0.05) is 81.8 Å². The number of para-hydroxylation sites is 2. The van der Waals surface area contributed by atoms with E-state index in [1.807, 2.05) is 106 Å². The Morgan fingerprint density at radius 1 is 0.960 bits per heavy atom. The Morgan fingerprint density at radius 2 is 1.72 bits per heavy atom. The number of nitrogens with one attached hydrogen (secondary N) is 2. The van der Waals surface area contributed by atoms with Crippen LogP contribution in [-0.4, -0.2) is 33.9 Å². The smallest absolute Gasteiger partial charge is 0.255 e. The Kier molecular flexibility index (Phi) is 11.7. The molecule has 6 rings (SSSR count). The van der Waals surface area contributed by atoms with Gasteiger partial charge in [0.1, 0.15) is 18.4 Å². The van der Waals surface area contributed by atoms with E-state index in [0.29, 0.717) is 80.4 Å². The van der Waals surface area contributed by atoms with Crippen molar-refractivity contribution in [2.45, 2.75) is 44.3 Å². The Labute approximate surface area is 317 Å². The average Bonchev–Trinajstić information content (AvgIpc) is 3.50. The van der Waals surface area contributed by atoms with Gasteiger partial charge in [0.05, 0.1) is 28.9 Å². The Bertz CT molecular complexity index is 2060. The molecule has 1 aliphatic heterocycles. The molecule has 2 N–H and O–H groups in total. The van der Waals surface area contributed by atoms with Crippen molar-refractivity contribution in [3.63, 3.8) is 0 Å². The Hall–Kier alpha value is -3.97. The highest BCUT2D eigenvalue weighted by atomic mass is 79.9. The van der Waals surface area contributed by atoms with E-state index in [1.54, 1.807) is 4.68 Å². The third-order valence-electron chi connectivity index (χ3n) is 7.75. The van der Waals surface area contributed by atoms with E-state index in [2.05, 4.69) is 42.5 Å². The van der Waals surface area contributed by atoms with Gasteiger partial charge in [-0.05, 0) is 95.9 Å². The second kappa shape index (κ2) is 16.4. The Balaban J connectivity index is 1.40. The number of fused-ring (bicyclic) bond motifs is 1. The fourth-order valence-electron chi connectivity index (χ4n) is 5.52. The predicted octanol–water partition coefficient (Wildman–Crippen LogP) is 10.1. The fraction of sp³-hybridized carbons (Fsp3) is 0.216. The minimum Gasteiger partial charge on any atom is -0.492 e. The first kappa shape index (κ1) is 35.8. The van der Waals surface area contributed by atoms with Crippen molar-refractivity contribution in [2.24, 2.45) is 0 Å². The number of thioether (sulfide) groups is 1. The van der Waals surface area contributed by atoms with Crippen LogP contribution >= 0.6 is 55.2 Å². The van der Waals surface area contributed by atoms with Crippen LogP contribution in [0.25, 0.3) is 0 Å². The van der Waals surface area contributed by atoms with Crippen LogP contribution in [0.5, 0.6) is 17.2 Å². The molecule has 1 aromatic heterocycles. The largest absolute Gasteiger partial charge is 0.492 e. The van der Waals surface area contributed by atoms with E-state index >= 15 is 0 Å². The van der Waals surface area contributed by atoms with Crippen molar-refractivity contribution in [3.05, 3.63) is 127 Å². The van der Waals surface area contributed by atoms with Gasteiger partial charge in [-0.25, -0.2) is 4.68 Å². The molecule has 258 valence electrons. The van der Waals surface area contributed by atoms with Gasteiger partial charge in [0.2, 0.25) is 11.1 Å². The number of benzene rings is 4. The van der Waals surface area contributed by atoms with Crippen LogP contribution in [-0.2, 0) is 17.2 Å². The van der Waals surface area contributed by atoms with Gasteiger partial charge in [0.25, 0.3) is 5.91 Å². The number of amides is 1. The highest BCUT2D eigenvalue weighted by molar-refractivity contribution is 9.10. The summed E-state index contributed by atoms with van der Waals surface area (Å²) < 4.78 is 21.6. The number of ether oxygens (including phenoxy) is 3. The van der Waals surface area contributed by atoms with Gasteiger partial charge in [-0.3, -0.25) is 4.79 Å². The predicted molar refractivity (Wildman–Crippen MR) is 206 cm³/mol. The van der Waals surface area contributed by atoms with Crippen molar-refractivity contribution in [3.8, 4) is 17.2 Å². The van der Waals surface area contributed by atoms with Crippen molar-refractivity contribution in [1.29, 1.82) is 0 Å². The third kappa shape index (κ3) is 8.15. The zero-order chi connectivity index (χ0) is 35.2. The molecular weight excluding hydrogens is 806 g/mol. The first-order chi connectivity index (χ1) is 24.2. The van der Waals surface area contributed by atoms with Gasteiger partial charge in [0.15, 0.2) is 11.5 Å². The quantitative estimate of drug-likeness (QED) is 0.113. The number of hydrogen-bond acceptors (Lipinski definition) is 8. The number of anilines is 2. The molecule has 0 radical (unpaired) electrons. The van der Waals surface area contributed by atoms with E-state index in [4.69, 9.17) is 35.9 Å². The maximum absolute atomic E-state index is 14.3. The molecule has 0 saturated heterocycles. The molecule has 1 unspecified atom stereocenters. The summed E-state index contributed by atoms with van der Waals surface area (Å²) in [6.45, 7) is 6.87. The van der Waals surface area contributed by atoms with Crippen LogP contribution in [0.4, 0.5) is 11.6 Å². The third-order valence-corrected chi connectivity index (χ3v) is 10.1. The molecule has 4 aromatic carbocycles. The fourth-order valence-corrected chi connectivity index (χ4v) is 7.66. The summed E-state index contributed by atoms with van der Waals surface area (Å²) in [6.07, 6.45) is 0.